The summed E-state index contributed by atoms with van der Waals surface area (Å²) in [6.45, 7) is 22.2. The lowest BCUT2D eigenvalue weighted by Crippen LogP contribution is -2.56. The lowest BCUT2D eigenvalue weighted by Gasteiger charge is -2.39. The van der Waals surface area contributed by atoms with Crippen molar-refractivity contribution in [1.82, 2.24) is 0 Å². The molecule has 0 aliphatic carbocycles. The zero-order valence-corrected chi connectivity index (χ0v) is 21.0. The molecule has 0 amide bonds. The number of hydrogen-bond donors (Lipinski definition) is 0. The third-order valence-corrected chi connectivity index (χ3v) is 14.6. The van der Waals surface area contributed by atoms with Crippen LogP contribution in [0.1, 0.15) is 69.2 Å². The van der Waals surface area contributed by atoms with Crippen molar-refractivity contribution in [3.05, 3.63) is 24.3 Å². The molecule has 0 heterocycles. The minimum atomic E-state index is -1.93. The molecule has 1 rings (SSSR count). The molecule has 0 aliphatic rings. The first kappa shape index (κ1) is 23.6. The van der Waals surface area contributed by atoms with Gasteiger partial charge in [0.25, 0.3) is 0 Å². The molecule has 150 valence electrons. The number of hydrogen-bond acceptors (Lipinski definition) is 2. The molecule has 1 aromatic rings. The van der Waals surface area contributed by atoms with Gasteiger partial charge < -0.3 is 8.85 Å². The average Bonchev–Trinajstić information content (AvgIpc) is 2.56. The highest BCUT2D eigenvalue weighted by molar-refractivity contribution is 6.88. The molecule has 26 heavy (non-hydrogen) atoms. The van der Waals surface area contributed by atoms with E-state index in [1.165, 1.54) is 10.4 Å². The summed E-state index contributed by atoms with van der Waals surface area (Å²) in [7, 11) is -3.86. The predicted molar refractivity (Wildman–Crippen MR) is 121 cm³/mol. The van der Waals surface area contributed by atoms with Gasteiger partial charge in [0.05, 0.1) is 0 Å². The predicted octanol–water partition coefficient (Wildman–Crippen LogP) is 5.70. The van der Waals surface area contributed by atoms with Crippen molar-refractivity contribution in [2.24, 2.45) is 0 Å². The minimum Gasteiger partial charge on any atom is -0.408 e. The van der Waals surface area contributed by atoms with Gasteiger partial charge in [-0.2, -0.15) is 0 Å². The van der Waals surface area contributed by atoms with E-state index in [-0.39, 0.29) is 11.2 Å². The molecule has 2 nitrogen and oxygen atoms in total. The van der Waals surface area contributed by atoms with Crippen molar-refractivity contribution >= 4 is 27.0 Å². The maximum absolute atomic E-state index is 6.69. The Bertz CT molecular complexity index is 494. The summed E-state index contributed by atoms with van der Waals surface area (Å²) in [6, 6.07) is 13.8. The summed E-state index contributed by atoms with van der Waals surface area (Å²) in [6.07, 6.45) is 0. The van der Waals surface area contributed by atoms with Crippen molar-refractivity contribution in [3.63, 3.8) is 0 Å². The Balaban J connectivity index is 3.30. The first-order valence-corrected chi connectivity index (χ1v) is 15.0. The normalized spacial score (nSPS) is 13.9. The zero-order valence-electron chi connectivity index (χ0n) is 19.0. The van der Waals surface area contributed by atoms with Crippen LogP contribution in [0.2, 0.25) is 24.2 Å². The summed E-state index contributed by atoms with van der Waals surface area (Å²) >= 11 is 0. The van der Waals surface area contributed by atoms with E-state index in [9.17, 15) is 0 Å². The van der Waals surface area contributed by atoms with Crippen LogP contribution in [0.3, 0.4) is 0 Å². The highest BCUT2D eigenvalue weighted by atomic mass is 28.4. The van der Waals surface area contributed by atoms with Gasteiger partial charge in [0.15, 0.2) is 0 Å². The van der Waals surface area contributed by atoms with Crippen molar-refractivity contribution in [3.8, 4) is 0 Å². The third kappa shape index (κ3) is 5.78. The maximum atomic E-state index is 6.69. The third-order valence-electron chi connectivity index (χ3n) is 5.22. The Morgan fingerprint density at radius 3 is 0.962 bits per heavy atom. The van der Waals surface area contributed by atoms with Gasteiger partial charge in [0.2, 0.25) is 16.6 Å². The van der Waals surface area contributed by atoms with Crippen LogP contribution in [-0.2, 0) is 8.85 Å². The van der Waals surface area contributed by atoms with Crippen LogP contribution in [0.15, 0.2) is 24.3 Å². The smallest absolute Gasteiger partial charge is 0.224 e. The van der Waals surface area contributed by atoms with E-state index in [0.29, 0.717) is 0 Å². The summed E-state index contributed by atoms with van der Waals surface area (Å²) in [4.78, 5) is 0. The fourth-order valence-electron chi connectivity index (χ4n) is 3.97. The first-order valence-electron chi connectivity index (χ1n) is 10.4. The molecule has 0 spiro atoms. The summed E-state index contributed by atoms with van der Waals surface area (Å²) < 4.78 is 13.4. The zero-order chi connectivity index (χ0) is 20.2. The van der Waals surface area contributed by atoms with E-state index in [1.54, 1.807) is 0 Å². The quantitative estimate of drug-likeness (QED) is 0.526. The first-order chi connectivity index (χ1) is 11.9. The molecule has 1 aromatic carbocycles. The molecule has 0 saturated heterocycles. The SMILES string of the molecule is CC[Si](CC)(OC(C)(C)C)c1ccc([Si](CC)(CC)OC(C)(C)C)cc1. The van der Waals surface area contributed by atoms with E-state index in [1.807, 2.05) is 0 Å². The second-order valence-corrected chi connectivity index (χ2v) is 17.8. The van der Waals surface area contributed by atoms with Crippen molar-refractivity contribution < 1.29 is 8.85 Å². The van der Waals surface area contributed by atoms with Gasteiger partial charge in [0, 0.05) is 11.2 Å². The van der Waals surface area contributed by atoms with Crippen LogP contribution in [0.4, 0.5) is 0 Å². The highest BCUT2D eigenvalue weighted by Crippen LogP contribution is 2.26. The molecular formula is C22H42O2Si2. The fraction of sp³-hybridized carbons (Fsp3) is 0.727. The van der Waals surface area contributed by atoms with Crippen molar-refractivity contribution in [2.75, 3.05) is 0 Å². The average molecular weight is 395 g/mol. The van der Waals surface area contributed by atoms with Gasteiger partial charge in [-0.1, -0.05) is 52.0 Å². The van der Waals surface area contributed by atoms with Crippen LogP contribution in [-0.4, -0.2) is 27.8 Å². The van der Waals surface area contributed by atoms with Crippen LogP contribution in [0.5, 0.6) is 0 Å². The van der Waals surface area contributed by atoms with Crippen molar-refractivity contribution in [1.29, 1.82) is 0 Å². The Morgan fingerprint density at radius 1 is 0.577 bits per heavy atom. The van der Waals surface area contributed by atoms with Gasteiger partial charge in [-0.15, -0.1) is 0 Å². The van der Waals surface area contributed by atoms with Crippen LogP contribution < -0.4 is 10.4 Å². The van der Waals surface area contributed by atoms with Crippen molar-refractivity contribution in [2.45, 2.75) is 105 Å². The number of benzene rings is 1. The molecule has 0 fully saturated rings. The molecule has 0 unspecified atom stereocenters. The Kier molecular flexibility index (Phi) is 7.92. The maximum Gasteiger partial charge on any atom is 0.224 e. The van der Waals surface area contributed by atoms with Gasteiger partial charge in [-0.25, -0.2) is 0 Å². The molecule has 0 N–H and O–H groups in total. The van der Waals surface area contributed by atoms with E-state index in [4.69, 9.17) is 8.85 Å². The molecule has 0 bridgehead atoms. The monoisotopic (exact) mass is 394 g/mol. The van der Waals surface area contributed by atoms with Crippen LogP contribution in [0, 0.1) is 0 Å². The fourth-order valence-corrected chi connectivity index (χ4v) is 11.3. The Labute approximate surface area is 165 Å². The molecular weight excluding hydrogens is 352 g/mol. The summed E-state index contributed by atoms with van der Waals surface area (Å²) in [5.41, 5.74) is -0.199. The minimum absolute atomic E-state index is 0.0996. The topological polar surface area (TPSA) is 18.5 Å². The lowest BCUT2D eigenvalue weighted by atomic mass is 10.2. The van der Waals surface area contributed by atoms with E-state index >= 15 is 0 Å². The molecule has 0 atom stereocenters. The molecule has 0 radical (unpaired) electrons. The van der Waals surface area contributed by atoms with E-state index < -0.39 is 16.6 Å². The van der Waals surface area contributed by atoms with Gasteiger partial charge in [-0.3, -0.25) is 0 Å². The number of rotatable bonds is 8. The Hall–Kier alpha value is -0.426. The molecule has 4 heteroatoms. The Morgan fingerprint density at radius 2 is 0.808 bits per heavy atom. The van der Waals surface area contributed by atoms with Gasteiger partial charge >= 0.3 is 0 Å². The second-order valence-electron chi connectivity index (χ2n) is 9.41. The lowest BCUT2D eigenvalue weighted by molar-refractivity contribution is 0.120. The summed E-state index contributed by atoms with van der Waals surface area (Å²) in [5.74, 6) is 0. The molecule has 0 aliphatic heterocycles. The van der Waals surface area contributed by atoms with Gasteiger partial charge in [0.1, 0.15) is 0 Å². The van der Waals surface area contributed by atoms with E-state index in [0.717, 1.165) is 24.2 Å². The van der Waals surface area contributed by atoms with E-state index in [2.05, 4.69) is 93.5 Å². The van der Waals surface area contributed by atoms with Gasteiger partial charge in [-0.05, 0) is 76.1 Å². The summed E-state index contributed by atoms with van der Waals surface area (Å²) in [5, 5.41) is 2.85. The van der Waals surface area contributed by atoms with Crippen LogP contribution in [0.25, 0.3) is 0 Å². The molecule has 0 aromatic heterocycles. The van der Waals surface area contributed by atoms with Crippen LogP contribution >= 0.6 is 0 Å². The standard InChI is InChI=1S/C22H42O2Si2/c1-11-25(12-2,23-21(5,6)7)19-15-17-20(18-16-19)26(13-3,14-4)24-22(8,9)10/h15-18H,11-14H2,1-10H3. The highest BCUT2D eigenvalue weighted by Gasteiger charge is 2.40. The molecule has 0 saturated carbocycles. The largest absolute Gasteiger partial charge is 0.408 e. The second kappa shape index (κ2) is 8.72.